The summed E-state index contributed by atoms with van der Waals surface area (Å²) in [6.45, 7) is 4.34. The van der Waals surface area contributed by atoms with Crippen LogP contribution in [0.3, 0.4) is 0 Å². The first-order valence-electron chi connectivity index (χ1n) is 10.5. The van der Waals surface area contributed by atoms with Gasteiger partial charge in [-0.15, -0.1) is 5.10 Å². The van der Waals surface area contributed by atoms with Gasteiger partial charge in [-0.3, -0.25) is 4.98 Å². The Labute approximate surface area is 174 Å². The Morgan fingerprint density at radius 2 is 2.27 bits per heavy atom. The van der Waals surface area contributed by atoms with Crippen molar-refractivity contribution in [1.29, 1.82) is 0 Å². The SMILES string of the molecule is C[C@@H](Oc1ccc2ncc3c(c2c1)CCOC3)c1cn(C23CNC(CO)(C2)C3)nn1. The second kappa shape index (κ2) is 6.47. The van der Waals surface area contributed by atoms with E-state index in [0.29, 0.717) is 6.61 Å². The van der Waals surface area contributed by atoms with Gasteiger partial charge in [0.1, 0.15) is 17.5 Å². The molecule has 5 heterocycles. The summed E-state index contributed by atoms with van der Waals surface area (Å²) in [5.41, 5.74) is 4.05. The van der Waals surface area contributed by atoms with E-state index in [1.54, 1.807) is 0 Å². The highest BCUT2D eigenvalue weighted by molar-refractivity contribution is 5.84. The number of pyridine rings is 1. The first-order chi connectivity index (χ1) is 14.6. The summed E-state index contributed by atoms with van der Waals surface area (Å²) in [5, 5.41) is 22.9. The molecule has 8 heteroatoms. The fourth-order valence-electron chi connectivity index (χ4n) is 5.30. The monoisotopic (exact) mass is 407 g/mol. The second-order valence-electron chi connectivity index (χ2n) is 8.96. The molecular weight excluding hydrogens is 382 g/mol. The zero-order valence-corrected chi connectivity index (χ0v) is 17.0. The Morgan fingerprint density at radius 3 is 3.10 bits per heavy atom. The van der Waals surface area contributed by atoms with Crippen molar-refractivity contribution in [3.05, 3.63) is 47.4 Å². The average molecular weight is 407 g/mol. The number of aliphatic hydroxyl groups is 1. The highest BCUT2D eigenvalue weighted by Crippen LogP contribution is 2.51. The molecule has 8 nitrogen and oxygen atoms in total. The zero-order chi connectivity index (χ0) is 20.3. The van der Waals surface area contributed by atoms with Crippen LogP contribution in [0.4, 0.5) is 0 Å². The van der Waals surface area contributed by atoms with Crippen LogP contribution in [0.1, 0.15) is 42.7 Å². The molecule has 2 aromatic heterocycles. The van der Waals surface area contributed by atoms with E-state index in [2.05, 4.69) is 26.7 Å². The minimum atomic E-state index is -0.222. The first-order valence-corrected chi connectivity index (χ1v) is 10.5. The lowest BCUT2D eigenvalue weighted by Gasteiger charge is -2.44. The maximum Gasteiger partial charge on any atom is 0.141 e. The summed E-state index contributed by atoms with van der Waals surface area (Å²) in [6, 6.07) is 6.05. The molecule has 3 aliphatic heterocycles. The Kier molecular flexibility index (Phi) is 3.93. The predicted octanol–water partition coefficient (Wildman–Crippen LogP) is 1.86. The number of aliphatic hydroxyl groups excluding tert-OH is 1. The van der Waals surface area contributed by atoms with Crippen molar-refractivity contribution >= 4 is 10.9 Å². The van der Waals surface area contributed by atoms with Crippen molar-refractivity contribution in [2.45, 2.75) is 50.0 Å². The van der Waals surface area contributed by atoms with Crippen LogP contribution in [0, 0.1) is 0 Å². The van der Waals surface area contributed by atoms with Gasteiger partial charge in [0.15, 0.2) is 0 Å². The van der Waals surface area contributed by atoms with E-state index >= 15 is 0 Å². The molecule has 30 heavy (non-hydrogen) atoms. The van der Waals surface area contributed by atoms with Gasteiger partial charge in [0, 0.05) is 23.7 Å². The second-order valence-corrected chi connectivity index (χ2v) is 8.96. The Bertz CT molecular complexity index is 1120. The molecular formula is C22H25N5O3. The van der Waals surface area contributed by atoms with Crippen LogP contribution >= 0.6 is 0 Å². The minimum Gasteiger partial charge on any atom is -0.484 e. The van der Waals surface area contributed by atoms with Crippen LogP contribution in [0.5, 0.6) is 5.75 Å². The molecule has 1 atom stereocenters. The number of aromatic nitrogens is 4. The minimum absolute atomic E-state index is 0.0660. The maximum absolute atomic E-state index is 9.59. The van der Waals surface area contributed by atoms with Crippen molar-refractivity contribution in [2.24, 2.45) is 0 Å². The summed E-state index contributed by atoms with van der Waals surface area (Å²) in [7, 11) is 0. The Balaban J connectivity index is 1.23. The van der Waals surface area contributed by atoms with E-state index in [-0.39, 0.29) is 23.8 Å². The number of benzene rings is 1. The van der Waals surface area contributed by atoms with Gasteiger partial charge < -0.3 is 19.9 Å². The summed E-state index contributed by atoms with van der Waals surface area (Å²) in [4.78, 5) is 4.56. The molecule has 1 saturated carbocycles. The van der Waals surface area contributed by atoms with Gasteiger partial charge >= 0.3 is 0 Å². The molecule has 0 unspecified atom stereocenters. The lowest BCUT2D eigenvalue weighted by Crippen LogP contribution is -2.55. The lowest BCUT2D eigenvalue weighted by atomic mass is 9.68. The quantitative estimate of drug-likeness (QED) is 0.667. The molecule has 7 rings (SSSR count). The molecule has 2 bridgehead atoms. The summed E-state index contributed by atoms with van der Waals surface area (Å²) >= 11 is 0. The zero-order valence-electron chi connectivity index (χ0n) is 17.0. The fraction of sp³-hybridized carbons (Fsp3) is 0.500. The molecule has 2 N–H and O–H groups in total. The normalized spacial score (nSPS) is 28.2. The maximum atomic E-state index is 9.59. The number of hydrogen-bond acceptors (Lipinski definition) is 7. The Morgan fingerprint density at radius 1 is 1.37 bits per heavy atom. The number of nitrogens with zero attached hydrogens (tertiary/aromatic N) is 4. The van der Waals surface area contributed by atoms with Gasteiger partial charge in [-0.1, -0.05) is 5.21 Å². The molecule has 3 aromatic rings. The largest absolute Gasteiger partial charge is 0.484 e. The van der Waals surface area contributed by atoms with E-state index in [9.17, 15) is 5.11 Å². The molecule has 1 aliphatic carbocycles. The number of rotatable bonds is 5. The van der Waals surface area contributed by atoms with Gasteiger partial charge in [0.25, 0.3) is 0 Å². The predicted molar refractivity (Wildman–Crippen MR) is 109 cm³/mol. The first kappa shape index (κ1) is 18.2. The molecule has 0 amide bonds. The molecule has 4 aliphatic rings. The van der Waals surface area contributed by atoms with Gasteiger partial charge in [-0.2, -0.15) is 0 Å². The molecule has 2 saturated heterocycles. The van der Waals surface area contributed by atoms with Crippen LogP contribution < -0.4 is 10.1 Å². The van der Waals surface area contributed by atoms with E-state index in [1.165, 1.54) is 5.56 Å². The van der Waals surface area contributed by atoms with E-state index < -0.39 is 0 Å². The highest BCUT2D eigenvalue weighted by Gasteiger charge is 2.62. The van der Waals surface area contributed by atoms with Gasteiger partial charge in [-0.05, 0) is 55.5 Å². The van der Waals surface area contributed by atoms with Crippen LogP contribution in [0.15, 0.2) is 30.6 Å². The fourth-order valence-corrected chi connectivity index (χ4v) is 5.30. The standard InChI is InChI=1S/C22H25N5O3/c1-14(20-8-27(26-25-20)22-10-21(11-22,13-28)24-12-22)30-16-2-3-19-18(6-16)17-4-5-29-9-15(17)7-23-19/h2-3,6-8,14,24,28H,4-5,9-13H2,1H3/t14-,21?,22?/m1/s1. The number of ether oxygens (including phenoxy) is 2. The van der Waals surface area contributed by atoms with Crippen LogP contribution in [0.2, 0.25) is 0 Å². The van der Waals surface area contributed by atoms with E-state index in [0.717, 1.165) is 60.3 Å². The number of fused-ring (bicyclic) bond motifs is 4. The lowest BCUT2D eigenvalue weighted by molar-refractivity contribution is 0.0529. The Hall–Kier alpha value is -2.55. The molecule has 0 spiro atoms. The van der Waals surface area contributed by atoms with Crippen molar-refractivity contribution in [1.82, 2.24) is 25.3 Å². The summed E-state index contributed by atoms with van der Waals surface area (Å²) in [6.07, 6.45) is 6.36. The highest BCUT2D eigenvalue weighted by atomic mass is 16.5. The molecule has 156 valence electrons. The third-order valence-corrected chi connectivity index (χ3v) is 6.95. The van der Waals surface area contributed by atoms with Gasteiger partial charge in [0.05, 0.1) is 37.1 Å². The number of hydrogen-bond donors (Lipinski definition) is 2. The molecule has 0 radical (unpaired) electrons. The van der Waals surface area contributed by atoms with E-state index in [4.69, 9.17) is 9.47 Å². The third kappa shape index (κ3) is 2.67. The topological polar surface area (TPSA) is 94.3 Å². The van der Waals surface area contributed by atoms with Crippen molar-refractivity contribution in [3.8, 4) is 5.75 Å². The summed E-state index contributed by atoms with van der Waals surface area (Å²) < 4.78 is 13.7. The summed E-state index contributed by atoms with van der Waals surface area (Å²) in [5.74, 6) is 0.801. The van der Waals surface area contributed by atoms with Crippen LogP contribution in [-0.4, -0.2) is 50.4 Å². The van der Waals surface area contributed by atoms with Crippen molar-refractivity contribution < 1.29 is 14.6 Å². The average Bonchev–Trinajstić information content (AvgIpc) is 3.47. The van der Waals surface area contributed by atoms with Crippen molar-refractivity contribution in [2.75, 3.05) is 19.8 Å². The molecule has 1 aromatic carbocycles. The smallest absolute Gasteiger partial charge is 0.141 e. The number of nitrogens with one attached hydrogen (secondary N) is 1. The third-order valence-electron chi connectivity index (χ3n) is 6.95. The van der Waals surface area contributed by atoms with E-state index in [1.807, 2.05) is 36.1 Å². The van der Waals surface area contributed by atoms with Crippen LogP contribution in [-0.2, 0) is 23.3 Å². The van der Waals surface area contributed by atoms with Gasteiger partial charge in [0.2, 0.25) is 0 Å². The van der Waals surface area contributed by atoms with Gasteiger partial charge in [-0.25, -0.2) is 4.68 Å². The molecule has 3 fully saturated rings. The van der Waals surface area contributed by atoms with Crippen molar-refractivity contribution in [3.63, 3.8) is 0 Å². The van der Waals surface area contributed by atoms with Crippen LogP contribution in [0.25, 0.3) is 10.9 Å².